The maximum atomic E-state index is 13.5. The molecule has 1 atom stereocenters. The molecule has 0 saturated carbocycles. The minimum atomic E-state index is -3.93. The van der Waals surface area contributed by atoms with E-state index in [4.69, 9.17) is 4.74 Å². The van der Waals surface area contributed by atoms with Crippen LogP contribution in [0.25, 0.3) is 0 Å². The number of pyridine rings is 1. The third-order valence-electron chi connectivity index (χ3n) is 5.21. The summed E-state index contributed by atoms with van der Waals surface area (Å²) in [6.07, 6.45) is 2.97. The van der Waals surface area contributed by atoms with Gasteiger partial charge in [-0.2, -0.15) is 0 Å². The quantitative estimate of drug-likeness (QED) is 0.461. The smallest absolute Gasteiger partial charge is 0.240 e. The minimum absolute atomic E-state index is 0.0697. The number of hydrogen-bond acceptors (Lipinski definition) is 6. The van der Waals surface area contributed by atoms with Gasteiger partial charge < -0.3 is 4.74 Å². The van der Waals surface area contributed by atoms with Gasteiger partial charge in [0.15, 0.2) is 9.84 Å². The molecule has 0 aliphatic heterocycles. The molecule has 0 bridgehead atoms. The zero-order valence-corrected chi connectivity index (χ0v) is 20.4. The third kappa shape index (κ3) is 5.98. The molecule has 1 N–H and O–H groups in total. The Labute approximate surface area is 195 Å². The number of rotatable bonds is 10. The van der Waals surface area contributed by atoms with Gasteiger partial charge in [-0.3, -0.25) is 4.98 Å². The van der Waals surface area contributed by atoms with Crippen LogP contribution in [0.5, 0.6) is 5.75 Å². The first-order valence-electron chi connectivity index (χ1n) is 10.6. The number of sulfone groups is 1. The van der Waals surface area contributed by atoms with Crippen LogP contribution in [0.4, 0.5) is 0 Å². The standard InChI is InChI=1S/C24H28N2O5S2/c1-4-31-21-9-13-22(14-10-21)32(27,28)24(20-6-5-15-25-16-20)17-26-33(29,30)23-11-7-19(8-12-23)18(2)3/h5-16,18,24,26H,4,17H2,1-3H3. The van der Waals surface area contributed by atoms with E-state index in [1.54, 1.807) is 36.4 Å². The fourth-order valence-corrected chi connectivity index (χ4v) is 6.13. The van der Waals surface area contributed by atoms with E-state index in [1.807, 2.05) is 20.8 Å². The van der Waals surface area contributed by atoms with Gasteiger partial charge in [-0.15, -0.1) is 0 Å². The van der Waals surface area contributed by atoms with Gasteiger partial charge in [-0.1, -0.05) is 32.0 Å². The van der Waals surface area contributed by atoms with Gasteiger partial charge >= 0.3 is 0 Å². The zero-order chi connectivity index (χ0) is 24.1. The minimum Gasteiger partial charge on any atom is -0.494 e. The highest BCUT2D eigenvalue weighted by atomic mass is 32.2. The summed E-state index contributed by atoms with van der Waals surface area (Å²) in [7, 11) is -7.85. The van der Waals surface area contributed by atoms with E-state index in [1.165, 1.54) is 36.7 Å². The van der Waals surface area contributed by atoms with E-state index in [-0.39, 0.29) is 22.3 Å². The highest BCUT2D eigenvalue weighted by Gasteiger charge is 2.31. The van der Waals surface area contributed by atoms with Crippen molar-refractivity contribution >= 4 is 19.9 Å². The van der Waals surface area contributed by atoms with Gasteiger partial charge in [-0.25, -0.2) is 21.6 Å². The Kier molecular flexibility index (Phi) is 7.88. The molecular formula is C24H28N2O5S2. The largest absolute Gasteiger partial charge is 0.494 e. The molecule has 2 aromatic carbocycles. The fraction of sp³-hybridized carbons (Fsp3) is 0.292. The Bertz CT molecular complexity index is 1260. The summed E-state index contributed by atoms with van der Waals surface area (Å²) in [5.74, 6) is 0.823. The second kappa shape index (κ2) is 10.5. The molecule has 33 heavy (non-hydrogen) atoms. The van der Waals surface area contributed by atoms with Crippen LogP contribution in [0.1, 0.15) is 43.1 Å². The van der Waals surface area contributed by atoms with Crippen molar-refractivity contribution in [3.63, 3.8) is 0 Å². The molecule has 0 aliphatic carbocycles. The lowest BCUT2D eigenvalue weighted by molar-refractivity contribution is 0.340. The maximum Gasteiger partial charge on any atom is 0.240 e. The van der Waals surface area contributed by atoms with Crippen molar-refractivity contribution in [2.45, 2.75) is 41.7 Å². The van der Waals surface area contributed by atoms with E-state index in [0.717, 1.165) is 5.56 Å². The number of aromatic nitrogens is 1. The van der Waals surface area contributed by atoms with E-state index in [2.05, 4.69) is 9.71 Å². The van der Waals surface area contributed by atoms with Gasteiger partial charge in [0.2, 0.25) is 10.0 Å². The number of sulfonamides is 1. The van der Waals surface area contributed by atoms with Crippen molar-refractivity contribution < 1.29 is 21.6 Å². The lowest BCUT2D eigenvalue weighted by Gasteiger charge is -2.19. The second-order valence-corrected chi connectivity index (χ2v) is 11.7. The maximum absolute atomic E-state index is 13.5. The van der Waals surface area contributed by atoms with E-state index in [9.17, 15) is 16.8 Å². The fourth-order valence-electron chi connectivity index (χ4n) is 3.33. The van der Waals surface area contributed by atoms with Crippen LogP contribution in [0, 0.1) is 0 Å². The Morgan fingerprint density at radius 3 is 2.06 bits per heavy atom. The van der Waals surface area contributed by atoms with Crippen LogP contribution in [-0.2, 0) is 19.9 Å². The van der Waals surface area contributed by atoms with Crippen molar-refractivity contribution in [3.8, 4) is 5.75 Å². The average molecular weight is 489 g/mol. The molecule has 1 heterocycles. The zero-order valence-electron chi connectivity index (χ0n) is 18.8. The Hall–Kier alpha value is -2.75. The molecule has 9 heteroatoms. The molecule has 3 rings (SSSR count). The lowest BCUT2D eigenvalue weighted by atomic mass is 10.0. The summed E-state index contributed by atoms with van der Waals surface area (Å²) in [5, 5.41) is -1.16. The first-order valence-corrected chi connectivity index (χ1v) is 13.6. The number of nitrogens with one attached hydrogen (secondary N) is 1. The predicted octanol–water partition coefficient (Wildman–Crippen LogP) is 4.10. The van der Waals surface area contributed by atoms with Gasteiger partial charge in [0.05, 0.1) is 16.4 Å². The summed E-state index contributed by atoms with van der Waals surface area (Å²) in [6.45, 7) is 6.00. The van der Waals surface area contributed by atoms with Crippen LogP contribution < -0.4 is 9.46 Å². The first-order chi connectivity index (χ1) is 15.6. The molecule has 0 aliphatic rings. The van der Waals surface area contributed by atoms with E-state index >= 15 is 0 Å². The SMILES string of the molecule is CCOc1ccc(S(=O)(=O)C(CNS(=O)(=O)c2ccc(C(C)C)cc2)c2cccnc2)cc1. The van der Waals surface area contributed by atoms with Crippen LogP contribution >= 0.6 is 0 Å². The van der Waals surface area contributed by atoms with Crippen LogP contribution in [-0.4, -0.2) is 35.0 Å². The molecule has 0 amide bonds. The molecule has 0 saturated heterocycles. The second-order valence-electron chi connectivity index (χ2n) is 7.80. The molecule has 1 aromatic heterocycles. The number of ether oxygens (including phenoxy) is 1. The Balaban J connectivity index is 1.90. The van der Waals surface area contributed by atoms with Crippen molar-refractivity contribution in [2.75, 3.05) is 13.2 Å². The van der Waals surface area contributed by atoms with Gasteiger partial charge in [0.1, 0.15) is 11.0 Å². The summed E-state index contributed by atoms with van der Waals surface area (Å²) in [5.41, 5.74) is 1.41. The van der Waals surface area contributed by atoms with Crippen LogP contribution in [0.3, 0.4) is 0 Å². The number of hydrogen-bond donors (Lipinski definition) is 1. The predicted molar refractivity (Wildman–Crippen MR) is 127 cm³/mol. The summed E-state index contributed by atoms with van der Waals surface area (Å²) >= 11 is 0. The highest BCUT2D eigenvalue weighted by Crippen LogP contribution is 2.30. The van der Waals surface area contributed by atoms with E-state index < -0.39 is 25.1 Å². The van der Waals surface area contributed by atoms with Gasteiger partial charge in [-0.05, 0) is 66.4 Å². The lowest BCUT2D eigenvalue weighted by Crippen LogP contribution is -2.32. The molecule has 3 aromatic rings. The number of nitrogens with zero attached hydrogens (tertiary/aromatic N) is 1. The Morgan fingerprint density at radius 2 is 1.52 bits per heavy atom. The summed E-state index contributed by atoms with van der Waals surface area (Å²) < 4.78 is 60.6. The molecular weight excluding hydrogens is 460 g/mol. The molecule has 7 nitrogen and oxygen atoms in total. The van der Waals surface area contributed by atoms with Crippen molar-refractivity contribution in [2.24, 2.45) is 0 Å². The topological polar surface area (TPSA) is 102 Å². The third-order valence-corrected chi connectivity index (χ3v) is 8.77. The normalized spacial score (nSPS) is 13.1. The van der Waals surface area contributed by atoms with Gasteiger partial charge in [0, 0.05) is 18.9 Å². The molecule has 1 unspecified atom stereocenters. The van der Waals surface area contributed by atoms with Gasteiger partial charge in [0.25, 0.3) is 0 Å². The Morgan fingerprint density at radius 1 is 0.879 bits per heavy atom. The highest BCUT2D eigenvalue weighted by molar-refractivity contribution is 7.92. The van der Waals surface area contributed by atoms with Crippen LogP contribution in [0.15, 0.2) is 82.8 Å². The van der Waals surface area contributed by atoms with Crippen molar-refractivity contribution in [1.29, 1.82) is 0 Å². The average Bonchev–Trinajstić information content (AvgIpc) is 2.80. The molecule has 176 valence electrons. The monoisotopic (exact) mass is 488 g/mol. The van der Waals surface area contributed by atoms with E-state index in [0.29, 0.717) is 17.9 Å². The van der Waals surface area contributed by atoms with Crippen molar-refractivity contribution in [3.05, 3.63) is 84.2 Å². The van der Waals surface area contributed by atoms with Crippen LogP contribution in [0.2, 0.25) is 0 Å². The number of benzene rings is 2. The van der Waals surface area contributed by atoms with Crippen molar-refractivity contribution in [1.82, 2.24) is 9.71 Å². The summed E-state index contributed by atoms with van der Waals surface area (Å²) in [6, 6.07) is 15.9. The molecule has 0 spiro atoms. The summed E-state index contributed by atoms with van der Waals surface area (Å²) in [4.78, 5) is 4.17. The molecule has 0 fully saturated rings. The molecule has 0 radical (unpaired) electrons. The first kappa shape index (κ1) is 24.9.